The largest absolute Gasteiger partial charge is 2.00 e. The van der Waals surface area contributed by atoms with Crippen LogP contribution in [0.3, 0.4) is 0 Å². The summed E-state index contributed by atoms with van der Waals surface area (Å²) in [7, 11) is 0. The second-order valence-corrected chi connectivity index (χ2v) is 18.8. The molecule has 0 amide bonds. The minimum absolute atomic E-state index is 0. The summed E-state index contributed by atoms with van der Waals surface area (Å²) in [5.41, 5.74) is 10.9. The van der Waals surface area contributed by atoms with E-state index in [9.17, 15) is 0 Å². The molecule has 0 saturated carbocycles. The Hall–Kier alpha value is -6.69. The maximum atomic E-state index is 16.1. The van der Waals surface area contributed by atoms with Gasteiger partial charge in [0.2, 0.25) is 0 Å². The summed E-state index contributed by atoms with van der Waals surface area (Å²) in [4.78, 5) is 15.7. The van der Waals surface area contributed by atoms with E-state index in [0.717, 1.165) is 77.5 Å². The van der Waals surface area contributed by atoms with E-state index in [-0.39, 0.29) is 43.0 Å². The smallest absolute Gasteiger partial charge is 0.656 e. The predicted octanol–water partition coefficient (Wildman–Crippen LogP) is 14.6. The predicted molar refractivity (Wildman–Crippen MR) is 258 cm³/mol. The number of imidazole rings is 1. The fraction of sp³-hybridized carbons (Fsp3) is 0.158. The summed E-state index contributed by atoms with van der Waals surface area (Å²) in [6.07, 6.45) is 1.46. The molecule has 11 rings (SSSR count). The van der Waals surface area contributed by atoms with Gasteiger partial charge in [-0.1, -0.05) is 156 Å². The van der Waals surface area contributed by atoms with E-state index in [0.29, 0.717) is 5.82 Å². The molecule has 0 N–H and O–H groups in total. The number of nitrogens with zero attached hydrogens (tertiary/aromatic N) is 5. The van der Waals surface area contributed by atoms with E-state index in [4.69, 9.17) is 15.0 Å². The molecular formula is C57H45F2N5Pt. The van der Waals surface area contributed by atoms with E-state index in [1.165, 1.54) is 47.0 Å². The van der Waals surface area contributed by atoms with Crippen molar-refractivity contribution in [2.24, 2.45) is 0 Å². The molecule has 0 unspecified atom stereocenters. The van der Waals surface area contributed by atoms with Gasteiger partial charge in [-0.25, -0.2) is 9.97 Å². The van der Waals surface area contributed by atoms with Crippen LogP contribution in [-0.4, -0.2) is 19.1 Å². The maximum absolute atomic E-state index is 16.1. The molecule has 4 heterocycles. The summed E-state index contributed by atoms with van der Waals surface area (Å²) in [5, 5.41) is 4.22. The number of alkyl halides is 2. The summed E-state index contributed by atoms with van der Waals surface area (Å²) in [6, 6.07) is 54.5. The third-order valence-corrected chi connectivity index (χ3v) is 12.6. The first-order chi connectivity index (χ1) is 30.8. The van der Waals surface area contributed by atoms with Gasteiger partial charge in [-0.15, -0.1) is 34.8 Å². The Kier molecular flexibility index (Phi) is 10.1. The van der Waals surface area contributed by atoms with Gasteiger partial charge in [0.1, 0.15) is 11.6 Å². The standard InChI is InChI=1S/C57H45F2N5.Pt/c1-55(2,3)38-32-43-51-45(56(4,5)6)23-16-24-46(51)61-52(43)44(33-38)54-62-53-40(22-15-26-48(53)63(54)39-19-11-8-12-20-39)35-27-28-42-41-21-13-14-25-47(41)64(49(42)31-35)50-34-37(29-30-60-50)57(58,59)36-17-9-7-10-18-36;/h7-30,32-34H,1-6H3;/q-2;+2. The van der Waals surface area contributed by atoms with Crippen LogP contribution in [-0.2, 0) is 37.8 Å². The van der Waals surface area contributed by atoms with Crippen molar-refractivity contribution in [3.05, 3.63) is 192 Å². The molecule has 65 heavy (non-hydrogen) atoms. The topological polar surface area (TPSA) is 49.7 Å². The zero-order chi connectivity index (χ0) is 44.1. The van der Waals surface area contributed by atoms with E-state index >= 15 is 8.78 Å². The Morgan fingerprint density at radius 3 is 2.03 bits per heavy atom. The van der Waals surface area contributed by atoms with E-state index < -0.39 is 5.92 Å². The normalized spacial score (nSPS) is 12.5. The molecule has 0 radical (unpaired) electrons. The summed E-state index contributed by atoms with van der Waals surface area (Å²) < 4.78 is 36.4. The molecule has 8 heteroatoms. The number of benzene rings is 7. The van der Waals surface area contributed by atoms with Gasteiger partial charge in [-0.3, -0.25) is 4.57 Å². The second-order valence-electron chi connectivity index (χ2n) is 18.8. The van der Waals surface area contributed by atoms with Gasteiger partial charge in [0, 0.05) is 34.1 Å². The molecular weight excluding hydrogens is 988 g/mol. The molecule has 0 atom stereocenters. The SMILES string of the molecule is CC(C)(C)c1cc(-c2nc3c(-c4[c-]c5c(cc4)c4ccccc4n5-c4cc(C(F)(F)c5ccccc5)ccn4)cccc3n2-c2ccccc2)c2[n-]c3cccc(C(C)(C)C)c3c2c1.[Pt+2]. The molecule has 7 aromatic carbocycles. The number of para-hydroxylation sites is 3. The van der Waals surface area contributed by atoms with Crippen molar-refractivity contribution in [2.45, 2.75) is 58.3 Å². The molecule has 5 nitrogen and oxygen atoms in total. The molecule has 0 saturated heterocycles. The Morgan fingerprint density at radius 2 is 1.28 bits per heavy atom. The molecule has 0 aliphatic rings. The Morgan fingerprint density at radius 1 is 0.569 bits per heavy atom. The molecule has 0 aliphatic heterocycles. The van der Waals surface area contributed by atoms with Gasteiger partial charge < -0.3 is 9.55 Å². The molecule has 4 aromatic heterocycles. The minimum atomic E-state index is -3.23. The molecule has 0 aliphatic carbocycles. The fourth-order valence-corrected chi connectivity index (χ4v) is 9.38. The number of halogens is 2. The van der Waals surface area contributed by atoms with Crippen LogP contribution >= 0.6 is 0 Å². The first-order valence-corrected chi connectivity index (χ1v) is 21.7. The summed E-state index contributed by atoms with van der Waals surface area (Å²) in [6.45, 7) is 13.5. The van der Waals surface area contributed by atoms with E-state index in [1.807, 2.05) is 28.8 Å². The van der Waals surface area contributed by atoms with Crippen molar-refractivity contribution in [3.8, 4) is 34.0 Å². The van der Waals surface area contributed by atoms with Gasteiger partial charge in [0.25, 0.3) is 5.92 Å². The van der Waals surface area contributed by atoms with Crippen molar-refractivity contribution in [1.82, 2.24) is 24.1 Å². The molecule has 0 fully saturated rings. The van der Waals surface area contributed by atoms with Crippen LogP contribution in [0.15, 0.2) is 164 Å². The molecule has 0 bridgehead atoms. The van der Waals surface area contributed by atoms with Crippen LogP contribution in [0.2, 0.25) is 0 Å². The Labute approximate surface area is 391 Å². The van der Waals surface area contributed by atoms with Crippen molar-refractivity contribution in [2.75, 3.05) is 0 Å². The van der Waals surface area contributed by atoms with Crippen LogP contribution in [0.25, 0.3) is 88.7 Å². The number of rotatable bonds is 6. The van der Waals surface area contributed by atoms with E-state index in [2.05, 4.69) is 143 Å². The third kappa shape index (κ3) is 6.91. The van der Waals surface area contributed by atoms with Crippen LogP contribution in [0.4, 0.5) is 8.78 Å². The van der Waals surface area contributed by atoms with Crippen LogP contribution in [0.5, 0.6) is 0 Å². The van der Waals surface area contributed by atoms with Crippen LogP contribution in [0.1, 0.15) is 63.8 Å². The van der Waals surface area contributed by atoms with Crippen molar-refractivity contribution >= 4 is 54.6 Å². The van der Waals surface area contributed by atoms with Gasteiger partial charge in [0.05, 0.1) is 11.0 Å². The summed E-state index contributed by atoms with van der Waals surface area (Å²) in [5.74, 6) is -2.05. The quantitative estimate of drug-likeness (QED) is 0.156. The minimum Gasteiger partial charge on any atom is -0.656 e. The van der Waals surface area contributed by atoms with Crippen molar-refractivity contribution in [3.63, 3.8) is 0 Å². The Balaban J connectivity index is 0.00000498. The molecule has 0 spiro atoms. The number of hydrogen-bond acceptors (Lipinski definition) is 2. The average Bonchev–Trinajstić information content (AvgIpc) is 3.98. The second kappa shape index (κ2) is 15.5. The van der Waals surface area contributed by atoms with Gasteiger partial charge in [-0.05, 0) is 86.1 Å². The number of aromatic nitrogens is 5. The molecule has 322 valence electrons. The van der Waals surface area contributed by atoms with E-state index in [1.54, 1.807) is 18.2 Å². The number of hydrogen-bond donors (Lipinski definition) is 0. The average molecular weight is 1030 g/mol. The van der Waals surface area contributed by atoms with Crippen LogP contribution < -0.4 is 4.98 Å². The van der Waals surface area contributed by atoms with Crippen molar-refractivity contribution < 1.29 is 29.8 Å². The van der Waals surface area contributed by atoms with Gasteiger partial charge in [0.15, 0.2) is 0 Å². The van der Waals surface area contributed by atoms with Crippen molar-refractivity contribution in [1.29, 1.82) is 0 Å². The zero-order valence-corrected chi connectivity index (χ0v) is 39.2. The van der Waals surface area contributed by atoms with Gasteiger partial charge in [-0.2, -0.15) is 8.78 Å². The summed E-state index contributed by atoms with van der Waals surface area (Å²) >= 11 is 0. The number of fused-ring (bicyclic) bond motifs is 7. The first kappa shape index (κ1) is 42.3. The fourth-order valence-electron chi connectivity index (χ4n) is 9.38. The maximum Gasteiger partial charge on any atom is 2.00 e. The monoisotopic (exact) mass is 1030 g/mol. The van der Waals surface area contributed by atoms with Crippen LogP contribution in [0, 0.1) is 6.07 Å². The first-order valence-electron chi connectivity index (χ1n) is 21.7. The van der Waals surface area contributed by atoms with Gasteiger partial charge >= 0.3 is 21.1 Å². The molecule has 11 aromatic rings. The zero-order valence-electron chi connectivity index (χ0n) is 36.9. The number of pyridine rings is 1. The Bertz CT molecular complexity index is 3610. The third-order valence-electron chi connectivity index (χ3n) is 12.6.